The summed E-state index contributed by atoms with van der Waals surface area (Å²) in [6.45, 7) is 7.98. The van der Waals surface area contributed by atoms with Crippen LogP contribution >= 0.6 is 23.0 Å². The summed E-state index contributed by atoms with van der Waals surface area (Å²) in [6.07, 6.45) is -1.97. The second-order valence-corrected chi connectivity index (χ2v) is 21.2. The van der Waals surface area contributed by atoms with E-state index in [1.54, 1.807) is 61.0 Å². The van der Waals surface area contributed by atoms with Crippen molar-refractivity contribution in [3.05, 3.63) is 0 Å². The summed E-state index contributed by atoms with van der Waals surface area (Å²) in [5.74, 6) is -0.640. The normalized spacial score (nSPS) is 32.0. The van der Waals surface area contributed by atoms with Gasteiger partial charge in [-0.25, -0.2) is 28.0 Å². The van der Waals surface area contributed by atoms with E-state index in [0.29, 0.717) is 19.6 Å². The molecular formula is C27H59N8O10P3. The zero-order chi connectivity index (χ0) is 36.0. The highest BCUT2D eigenvalue weighted by Crippen LogP contribution is 2.56. The van der Waals surface area contributed by atoms with Gasteiger partial charge >= 0.3 is 23.0 Å². The van der Waals surface area contributed by atoms with Gasteiger partial charge in [-0.1, -0.05) is 0 Å². The minimum atomic E-state index is -3.62. The Bertz CT molecular complexity index is 1200. The van der Waals surface area contributed by atoms with E-state index >= 15 is 0 Å². The van der Waals surface area contributed by atoms with Crippen molar-refractivity contribution in [3.63, 3.8) is 0 Å². The van der Waals surface area contributed by atoms with E-state index in [0.717, 1.165) is 6.54 Å². The number of nitrogens with one attached hydrogen (secondary N) is 1. The average molecular weight is 749 g/mol. The molecule has 3 saturated heterocycles. The van der Waals surface area contributed by atoms with Crippen molar-refractivity contribution >= 4 is 28.9 Å². The molecule has 1 amide bonds. The standard InChI is InChI=1S/C27H59N8O10P3/c1-21-11-29-12-24(43-21)18-41-47(38,31(6)7)34-13-23(3)45-26(16-34)20-42-48(39,32(8)9)35-14-22(2)44-25(15-35)19-40-46(37,30(4)5)33(10)17-27(28)36/h21-26,29H,11-20H2,1-10H3,(H2,28,36). The predicted molar refractivity (Wildman–Crippen MR) is 183 cm³/mol. The quantitative estimate of drug-likeness (QED) is 0.201. The Morgan fingerprint density at radius 2 is 1.12 bits per heavy atom. The maximum atomic E-state index is 14.5. The van der Waals surface area contributed by atoms with Crippen molar-refractivity contribution in [2.75, 3.05) is 115 Å². The summed E-state index contributed by atoms with van der Waals surface area (Å²) >= 11 is 0. The molecule has 3 aliphatic rings. The molecule has 0 bridgehead atoms. The molecule has 0 saturated carbocycles. The number of rotatable bonds is 17. The molecule has 9 atom stereocenters. The molecule has 0 aromatic rings. The number of carbonyl (C=O) groups is 1. The SMILES string of the molecule is CC1CNCC(COP(=O)(N(C)C)N2CC(C)OC(COP(=O)(N(C)C)N3CC(C)OC(COP(=O)(N(C)C)N(C)CC(N)=O)C3)C2)O1. The van der Waals surface area contributed by atoms with Gasteiger partial charge in [-0.15, -0.1) is 0 Å². The monoisotopic (exact) mass is 748 g/mol. The molecule has 3 N–H and O–H groups in total. The number of primary amides is 1. The second kappa shape index (κ2) is 17.9. The fraction of sp³-hybridized carbons (Fsp3) is 0.963. The highest BCUT2D eigenvalue weighted by molar-refractivity contribution is 7.54. The molecule has 3 aliphatic heterocycles. The van der Waals surface area contributed by atoms with Crippen LogP contribution in [0.15, 0.2) is 0 Å². The first kappa shape index (κ1) is 42.1. The van der Waals surface area contributed by atoms with Crippen LogP contribution in [0.25, 0.3) is 0 Å². The number of hydrogen-bond donors (Lipinski definition) is 2. The fourth-order valence-electron chi connectivity index (χ4n) is 5.88. The Morgan fingerprint density at radius 1 is 0.688 bits per heavy atom. The zero-order valence-electron chi connectivity index (χ0n) is 30.2. The number of likely N-dealkylation sites (N-methyl/N-ethyl adjacent to an activating group) is 1. The van der Waals surface area contributed by atoms with Gasteiger partial charge in [0.25, 0.3) is 0 Å². The van der Waals surface area contributed by atoms with Crippen molar-refractivity contribution in [1.29, 1.82) is 0 Å². The average Bonchev–Trinajstić information content (AvgIpc) is 3.00. The lowest BCUT2D eigenvalue weighted by molar-refractivity contribution is -0.118. The lowest BCUT2D eigenvalue weighted by Gasteiger charge is -2.44. The summed E-state index contributed by atoms with van der Waals surface area (Å²) in [5.41, 5.74) is 5.32. The third kappa shape index (κ3) is 10.8. The summed E-state index contributed by atoms with van der Waals surface area (Å²) < 4.78 is 88.3. The second-order valence-electron chi connectivity index (χ2n) is 13.3. The first-order chi connectivity index (χ1) is 22.3. The predicted octanol–water partition coefficient (Wildman–Crippen LogP) is 1.02. The highest BCUT2D eigenvalue weighted by atomic mass is 31.2. The van der Waals surface area contributed by atoms with Crippen LogP contribution in [0.2, 0.25) is 0 Å². The topological polar surface area (TPSA) is 181 Å². The van der Waals surface area contributed by atoms with E-state index < -0.39 is 41.1 Å². The van der Waals surface area contributed by atoms with E-state index in [9.17, 15) is 18.5 Å². The molecule has 21 heteroatoms. The van der Waals surface area contributed by atoms with E-state index in [4.69, 9.17) is 33.5 Å². The molecular weight excluding hydrogens is 689 g/mol. The van der Waals surface area contributed by atoms with Crippen LogP contribution in [0.5, 0.6) is 0 Å². The largest absolute Gasteiger partial charge is 0.370 e. The summed E-state index contributed by atoms with van der Waals surface area (Å²) in [6, 6.07) is 0. The van der Waals surface area contributed by atoms with Gasteiger partial charge < -0.3 is 38.8 Å². The Kier molecular flexibility index (Phi) is 15.7. The summed E-state index contributed by atoms with van der Waals surface area (Å²) in [4.78, 5) is 11.5. The summed E-state index contributed by atoms with van der Waals surface area (Å²) in [5, 5.41) is 3.31. The molecule has 48 heavy (non-hydrogen) atoms. The molecule has 3 rings (SSSR count). The van der Waals surface area contributed by atoms with Crippen LogP contribution in [-0.4, -0.2) is 186 Å². The highest BCUT2D eigenvalue weighted by Gasteiger charge is 2.45. The molecule has 0 aromatic carbocycles. The molecule has 3 heterocycles. The lowest BCUT2D eigenvalue weighted by Crippen LogP contribution is -2.50. The van der Waals surface area contributed by atoms with Crippen molar-refractivity contribution < 1.29 is 46.3 Å². The van der Waals surface area contributed by atoms with Gasteiger partial charge in [-0.3, -0.25) is 18.5 Å². The van der Waals surface area contributed by atoms with Gasteiger partial charge in [0.05, 0.1) is 63.0 Å². The first-order valence-electron chi connectivity index (χ1n) is 16.2. The van der Waals surface area contributed by atoms with E-state index in [1.807, 2.05) is 20.8 Å². The van der Waals surface area contributed by atoms with E-state index in [1.165, 1.54) is 16.4 Å². The van der Waals surface area contributed by atoms with Gasteiger partial charge in [-0.2, -0.15) is 0 Å². The first-order valence-corrected chi connectivity index (χ1v) is 20.8. The summed E-state index contributed by atoms with van der Waals surface area (Å²) in [7, 11) is 0.821. The van der Waals surface area contributed by atoms with Crippen LogP contribution in [0.4, 0.5) is 0 Å². The Labute approximate surface area is 286 Å². The Morgan fingerprint density at radius 3 is 1.54 bits per heavy atom. The molecule has 0 aromatic heterocycles. The van der Waals surface area contributed by atoms with Crippen molar-refractivity contribution in [2.45, 2.75) is 57.4 Å². The van der Waals surface area contributed by atoms with Crippen LogP contribution < -0.4 is 11.1 Å². The molecule has 9 unspecified atom stereocenters. The third-order valence-electron chi connectivity index (χ3n) is 8.18. The lowest BCUT2D eigenvalue weighted by atomic mass is 10.2. The molecule has 18 nitrogen and oxygen atoms in total. The molecule has 3 fully saturated rings. The number of nitrogens with two attached hydrogens (primary N) is 1. The van der Waals surface area contributed by atoms with Crippen molar-refractivity contribution in [3.8, 4) is 0 Å². The van der Waals surface area contributed by atoms with Gasteiger partial charge in [0.1, 0.15) is 0 Å². The molecule has 0 spiro atoms. The maximum absolute atomic E-state index is 14.5. The van der Waals surface area contributed by atoms with Gasteiger partial charge in [-0.05, 0) is 70.1 Å². The third-order valence-corrected chi connectivity index (χ3v) is 15.8. The van der Waals surface area contributed by atoms with Crippen molar-refractivity contribution in [1.82, 2.24) is 33.3 Å². The van der Waals surface area contributed by atoms with Gasteiger partial charge in [0, 0.05) is 39.3 Å². The Hall–Kier alpha value is -0.360. The molecule has 0 aliphatic carbocycles. The zero-order valence-corrected chi connectivity index (χ0v) is 32.9. The van der Waals surface area contributed by atoms with E-state index in [-0.39, 0.29) is 63.9 Å². The van der Waals surface area contributed by atoms with Crippen LogP contribution in [0.3, 0.4) is 0 Å². The smallest absolute Gasteiger partial charge is 0.345 e. The van der Waals surface area contributed by atoms with Gasteiger partial charge in [0.2, 0.25) is 5.91 Å². The van der Waals surface area contributed by atoms with Crippen LogP contribution in [0, 0.1) is 0 Å². The van der Waals surface area contributed by atoms with Crippen LogP contribution in [0.1, 0.15) is 20.8 Å². The number of carbonyl (C=O) groups excluding carboxylic acids is 1. The van der Waals surface area contributed by atoms with Crippen LogP contribution in [-0.2, 0) is 46.3 Å². The number of amides is 1. The van der Waals surface area contributed by atoms with Crippen molar-refractivity contribution in [2.24, 2.45) is 5.73 Å². The molecule has 0 radical (unpaired) electrons. The maximum Gasteiger partial charge on any atom is 0.345 e. The number of ether oxygens (including phenoxy) is 3. The minimum Gasteiger partial charge on any atom is -0.370 e. The molecule has 282 valence electrons. The number of morpholine rings is 3. The van der Waals surface area contributed by atoms with E-state index in [2.05, 4.69) is 5.32 Å². The minimum absolute atomic E-state index is 0.0302. The number of nitrogens with zero attached hydrogens (tertiary/aromatic N) is 6. The Balaban J connectivity index is 1.68. The van der Waals surface area contributed by atoms with Gasteiger partial charge in [0.15, 0.2) is 0 Å². The fourth-order valence-corrected chi connectivity index (χ4v) is 11.8. The number of hydrogen-bond acceptors (Lipinski definition) is 11.